The number of piperidine rings is 1. The van der Waals surface area contributed by atoms with Crippen LogP contribution in [0, 0.1) is 11.7 Å². The maximum Gasteiger partial charge on any atom is 0.227 e. The Hall–Kier alpha value is -1.85. The molecule has 0 radical (unpaired) electrons. The van der Waals surface area contributed by atoms with Crippen LogP contribution < -0.4 is 5.32 Å². The van der Waals surface area contributed by atoms with Crippen molar-refractivity contribution in [3.63, 3.8) is 0 Å². The quantitative estimate of drug-likeness (QED) is 0.687. The summed E-state index contributed by atoms with van der Waals surface area (Å²) in [6.07, 6.45) is 5.17. The monoisotopic (exact) mass is 386 g/mol. The Morgan fingerprint density at radius 3 is 2.56 bits per heavy atom. The largest absolute Gasteiger partial charge is 0.326 e. The third kappa shape index (κ3) is 5.81. The zero-order chi connectivity index (χ0) is 19.1. The Balaban J connectivity index is 1.55. The number of hydrogen-bond donors (Lipinski definition) is 1. The molecule has 0 aromatic heterocycles. The summed E-state index contributed by atoms with van der Waals surface area (Å²) in [5, 5.41) is 3.05. The normalized spacial score (nSPS) is 15.6. The molecule has 27 heavy (non-hydrogen) atoms. The van der Waals surface area contributed by atoms with Crippen molar-refractivity contribution in [3.8, 4) is 11.1 Å². The molecule has 0 atom stereocenters. The number of anilines is 1. The van der Waals surface area contributed by atoms with Crippen LogP contribution in [0.15, 0.2) is 48.5 Å². The lowest BCUT2D eigenvalue weighted by Gasteiger charge is -2.31. The smallest absolute Gasteiger partial charge is 0.227 e. The van der Waals surface area contributed by atoms with E-state index in [1.165, 1.54) is 24.3 Å². The maximum absolute atomic E-state index is 13.5. The summed E-state index contributed by atoms with van der Waals surface area (Å²) in [6, 6.07) is 14.1. The van der Waals surface area contributed by atoms with E-state index in [1.807, 2.05) is 42.1 Å². The molecule has 1 N–H and O–H groups in total. The van der Waals surface area contributed by atoms with Gasteiger partial charge in [0.05, 0.1) is 0 Å². The Morgan fingerprint density at radius 1 is 1.15 bits per heavy atom. The van der Waals surface area contributed by atoms with E-state index in [1.54, 1.807) is 6.07 Å². The molecule has 1 amide bonds. The van der Waals surface area contributed by atoms with Gasteiger partial charge in [0.15, 0.2) is 0 Å². The first-order valence-corrected chi connectivity index (χ1v) is 10.9. The molecule has 2 aromatic rings. The van der Waals surface area contributed by atoms with E-state index in [-0.39, 0.29) is 17.6 Å². The summed E-state index contributed by atoms with van der Waals surface area (Å²) in [5.41, 5.74) is 2.48. The summed E-state index contributed by atoms with van der Waals surface area (Å²) >= 11 is 1.89. The minimum absolute atomic E-state index is 0.0691. The predicted molar refractivity (Wildman–Crippen MR) is 113 cm³/mol. The maximum atomic E-state index is 13.5. The van der Waals surface area contributed by atoms with Crippen molar-refractivity contribution in [3.05, 3.63) is 54.3 Å². The van der Waals surface area contributed by atoms with Crippen LogP contribution in [0.3, 0.4) is 0 Å². The van der Waals surface area contributed by atoms with E-state index >= 15 is 0 Å². The van der Waals surface area contributed by atoms with E-state index in [0.29, 0.717) is 0 Å². The molecule has 1 aliphatic heterocycles. The van der Waals surface area contributed by atoms with Crippen LogP contribution in [-0.2, 0) is 4.79 Å². The number of rotatable bonds is 7. The first-order valence-electron chi connectivity index (χ1n) is 9.54. The lowest BCUT2D eigenvalue weighted by atomic mass is 9.95. The summed E-state index contributed by atoms with van der Waals surface area (Å²) in [6.45, 7) is 3.12. The summed E-state index contributed by atoms with van der Waals surface area (Å²) < 4.78 is 13.5. The van der Waals surface area contributed by atoms with Crippen molar-refractivity contribution in [1.82, 2.24) is 4.90 Å². The van der Waals surface area contributed by atoms with E-state index in [4.69, 9.17) is 0 Å². The van der Waals surface area contributed by atoms with Gasteiger partial charge in [0.1, 0.15) is 5.82 Å². The van der Waals surface area contributed by atoms with Crippen LogP contribution in [0.25, 0.3) is 11.1 Å². The molecule has 144 valence electrons. The molecule has 2 aromatic carbocycles. The van der Waals surface area contributed by atoms with Crippen molar-refractivity contribution in [2.75, 3.05) is 37.0 Å². The Morgan fingerprint density at radius 2 is 1.85 bits per heavy atom. The fourth-order valence-corrected chi connectivity index (χ4v) is 3.96. The van der Waals surface area contributed by atoms with Gasteiger partial charge in [-0.25, -0.2) is 4.39 Å². The van der Waals surface area contributed by atoms with Crippen LogP contribution in [0.1, 0.15) is 19.3 Å². The highest BCUT2D eigenvalue weighted by Crippen LogP contribution is 2.25. The second-order valence-electron chi connectivity index (χ2n) is 7.04. The van der Waals surface area contributed by atoms with Crippen molar-refractivity contribution < 1.29 is 9.18 Å². The average Bonchev–Trinajstić information content (AvgIpc) is 2.69. The van der Waals surface area contributed by atoms with Gasteiger partial charge < -0.3 is 10.2 Å². The van der Waals surface area contributed by atoms with Gasteiger partial charge in [0, 0.05) is 11.6 Å². The number of carbonyl (C=O) groups is 1. The third-order valence-corrected chi connectivity index (χ3v) is 5.77. The van der Waals surface area contributed by atoms with Crippen molar-refractivity contribution in [2.24, 2.45) is 5.92 Å². The molecular weight excluding hydrogens is 359 g/mol. The number of halogens is 1. The number of carbonyl (C=O) groups excluding carboxylic acids is 1. The van der Waals surface area contributed by atoms with Crippen molar-refractivity contribution in [1.29, 1.82) is 0 Å². The Labute approximate surface area is 165 Å². The number of nitrogens with one attached hydrogen (secondary N) is 1. The van der Waals surface area contributed by atoms with Crippen LogP contribution in [-0.4, -0.2) is 42.4 Å². The van der Waals surface area contributed by atoms with E-state index in [0.717, 1.165) is 49.3 Å². The molecule has 0 saturated carbocycles. The topological polar surface area (TPSA) is 32.3 Å². The second-order valence-corrected chi connectivity index (χ2v) is 8.03. The van der Waals surface area contributed by atoms with Gasteiger partial charge in [0.25, 0.3) is 0 Å². The van der Waals surface area contributed by atoms with E-state index in [9.17, 15) is 9.18 Å². The summed E-state index contributed by atoms with van der Waals surface area (Å²) in [4.78, 5) is 15.1. The highest BCUT2D eigenvalue weighted by Gasteiger charge is 2.24. The molecule has 0 aliphatic carbocycles. The highest BCUT2D eigenvalue weighted by molar-refractivity contribution is 7.98. The lowest BCUT2D eigenvalue weighted by Crippen LogP contribution is -2.38. The van der Waals surface area contributed by atoms with Gasteiger partial charge >= 0.3 is 0 Å². The molecule has 3 rings (SSSR count). The van der Waals surface area contributed by atoms with Crippen LogP contribution in [0.2, 0.25) is 0 Å². The molecule has 1 aliphatic rings. The molecule has 3 nitrogen and oxygen atoms in total. The minimum atomic E-state index is -0.258. The molecular formula is C22H27FN2OS. The zero-order valence-electron chi connectivity index (χ0n) is 15.8. The van der Waals surface area contributed by atoms with Gasteiger partial charge in [-0.2, -0.15) is 11.8 Å². The molecule has 0 spiro atoms. The fraction of sp³-hybridized carbons (Fsp3) is 0.409. The standard InChI is InChI=1S/C22H27FN2OS/c1-27-14-4-11-25-12-9-17(10-13-25)22(26)24-21-8-3-6-19(16-21)18-5-2-7-20(23)15-18/h2-3,5-8,15-17H,4,9-14H2,1H3,(H,24,26). The van der Waals surface area contributed by atoms with Gasteiger partial charge in [0.2, 0.25) is 5.91 Å². The van der Waals surface area contributed by atoms with Gasteiger partial charge in [-0.3, -0.25) is 4.79 Å². The van der Waals surface area contributed by atoms with Crippen LogP contribution >= 0.6 is 11.8 Å². The number of amides is 1. The molecule has 0 bridgehead atoms. The molecule has 1 saturated heterocycles. The molecule has 0 unspecified atom stereocenters. The summed E-state index contributed by atoms with van der Waals surface area (Å²) in [7, 11) is 0. The number of hydrogen-bond acceptors (Lipinski definition) is 3. The number of nitrogens with zero attached hydrogens (tertiary/aromatic N) is 1. The van der Waals surface area contributed by atoms with Gasteiger partial charge in [-0.1, -0.05) is 24.3 Å². The third-order valence-electron chi connectivity index (χ3n) is 5.07. The Bertz CT molecular complexity index is 759. The SMILES string of the molecule is CSCCCN1CCC(C(=O)Nc2cccc(-c3cccc(F)c3)c2)CC1. The number of thioether (sulfide) groups is 1. The molecule has 5 heteroatoms. The minimum Gasteiger partial charge on any atom is -0.326 e. The second kappa shape index (κ2) is 9.90. The lowest BCUT2D eigenvalue weighted by molar-refractivity contribution is -0.121. The van der Waals surface area contributed by atoms with Gasteiger partial charge in [-0.15, -0.1) is 0 Å². The zero-order valence-corrected chi connectivity index (χ0v) is 16.6. The van der Waals surface area contributed by atoms with Crippen LogP contribution in [0.5, 0.6) is 0 Å². The first kappa shape index (κ1) is 19.9. The first-order chi connectivity index (χ1) is 13.2. The molecule has 1 fully saturated rings. The molecule has 1 heterocycles. The Kier molecular flexibility index (Phi) is 7.30. The van der Waals surface area contributed by atoms with Crippen LogP contribution in [0.4, 0.5) is 10.1 Å². The van der Waals surface area contributed by atoms with Crippen molar-refractivity contribution in [2.45, 2.75) is 19.3 Å². The van der Waals surface area contributed by atoms with Crippen molar-refractivity contribution >= 4 is 23.4 Å². The summed E-state index contributed by atoms with van der Waals surface area (Å²) in [5.74, 6) is 1.10. The average molecular weight is 387 g/mol. The van der Waals surface area contributed by atoms with E-state index in [2.05, 4.69) is 16.5 Å². The number of likely N-dealkylation sites (tertiary alicyclic amines) is 1. The fourth-order valence-electron chi connectivity index (χ4n) is 3.54. The highest BCUT2D eigenvalue weighted by atomic mass is 32.2. The van der Waals surface area contributed by atoms with E-state index < -0.39 is 0 Å². The van der Waals surface area contributed by atoms with Gasteiger partial charge in [-0.05, 0) is 86.3 Å². The predicted octanol–water partition coefficient (Wildman–Crippen LogP) is 4.90. The number of benzene rings is 2.